The van der Waals surface area contributed by atoms with Gasteiger partial charge in [0.15, 0.2) is 0 Å². The van der Waals surface area contributed by atoms with Gasteiger partial charge in [0.1, 0.15) is 5.70 Å². The van der Waals surface area contributed by atoms with Crippen molar-refractivity contribution in [1.82, 2.24) is 4.90 Å². The van der Waals surface area contributed by atoms with Crippen LogP contribution in [0, 0.1) is 10.1 Å². The number of benzene rings is 2. The number of carbonyl (C=O) groups is 2. The third kappa shape index (κ3) is 3.58. The van der Waals surface area contributed by atoms with Crippen molar-refractivity contribution in [2.45, 2.75) is 6.54 Å². The predicted molar refractivity (Wildman–Crippen MR) is 94.5 cm³/mol. The number of hydrogen-bond donors (Lipinski definition) is 1. The molecule has 25 heavy (non-hydrogen) atoms. The lowest BCUT2D eigenvalue weighted by atomic mass is 10.2. The molecule has 8 heteroatoms. The largest absolute Gasteiger partial charge is 0.350 e. The molecule has 0 aromatic heterocycles. The zero-order chi connectivity index (χ0) is 18.0. The van der Waals surface area contributed by atoms with Gasteiger partial charge in [0.25, 0.3) is 17.5 Å². The van der Waals surface area contributed by atoms with Crippen molar-refractivity contribution in [1.29, 1.82) is 0 Å². The molecule has 0 saturated carbocycles. The highest BCUT2D eigenvalue weighted by molar-refractivity contribution is 9.10. The Morgan fingerprint density at radius 3 is 2.48 bits per heavy atom. The van der Waals surface area contributed by atoms with E-state index in [0.29, 0.717) is 10.2 Å². The van der Waals surface area contributed by atoms with Gasteiger partial charge in [-0.3, -0.25) is 24.6 Å². The molecule has 1 N–H and O–H groups in total. The van der Waals surface area contributed by atoms with Crippen LogP contribution in [-0.2, 0) is 16.1 Å². The van der Waals surface area contributed by atoms with Gasteiger partial charge in [0.05, 0.1) is 17.2 Å². The van der Waals surface area contributed by atoms with Gasteiger partial charge in [0.2, 0.25) is 0 Å². The molecule has 0 spiro atoms. The van der Waals surface area contributed by atoms with Crippen LogP contribution < -0.4 is 5.32 Å². The maximum absolute atomic E-state index is 12.5. The maximum atomic E-state index is 12.5. The normalized spacial score (nSPS) is 13.8. The van der Waals surface area contributed by atoms with Gasteiger partial charge in [-0.2, -0.15) is 0 Å². The van der Waals surface area contributed by atoms with E-state index in [1.165, 1.54) is 24.3 Å². The van der Waals surface area contributed by atoms with Crippen LogP contribution in [0.4, 0.5) is 11.4 Å². The van der Waals surface area contributed by atoms with E-state index < -0.39 is 16.7 Å². The Morgan fingerprint density at radius 2 is 1.84 bits per heavy atom. The second-order valence-corrected chi connectivity index (χ2v) is 6.17. The number of carbonyl (C=O) groups excluding carboxylic acids is 2. The van der Waals surface area contributed by atoms with Crippen LogP contribution in [0.2, 0.25) is 0 Å². The zero-order valence-corrected chi connectivity index (χ0v) is 14.4. The Morgan fingerprint density at radius 1 is 1.12 bits per heavy atom. The van der Waals surface area contributed by atoms with Crippen LogP contribution in [0.5, 0.6) is 0 Å². The number of rotatable bonds is 5. The first-order valence-electron chi connectivity index (χ1n) is 7.28. The van der Waals surface area contributed by atoms with E-state index >= 15 is 0 Å². The van der Waals surface area contributed by atoms with E-state index in [1.807, 2.05) is 30.3 Å². The molecule has 2 aromatic carbocycles. The maximum Gasteiger partial charge on any atom is 0.277 e. The summed E-state index contributed by atoms with van der Waals surface area (Å²) >= 11 is 3.22. The molecule has 0 unspecified atom stereocenters. The van der Waals surface area contributed by atoms with Crippen molar-refractivity contribution in [3.8, 4) is 0 Å². The van der Waals surface area contributed by atoms with E-state index in [2.05, 4.69) is 21.2 Å². The summed E-state index contributed by atoms with van der Waals surface area (Å²) in [7, 11) is 0. The number of hydrogen-bond acceptors (Lipinski definition) is 5. The Bertz CT molecular complexity index is 896. The van der Waals surface area contributed by atoms with Gasteiger partial charge in [-0.15, -0.1) is 0 Å². The van der Waals surface area contributed by atoms with Crippen molar-refractivity contribution in [2.75, 3.05) is 5.32 Å². The molecule has 0 atom stereocenters. The van der Waals surface area contributed by atoms with E-state index in [9.17, 15) is 19.7 Å². The minimum absolute atomic E-state index is 0.0778. The number of amides is 2. The van der Waals surface area contributed by atoms with Crippen LogP contribution in [-0.4, -0.2) is 21.6 Å². The Labute approximate surface area is 151 Å². The molecule has 1 aliphatic heterocycles. The average molecular weight is 402 g/mol. The van der Waals surface area contributed by atoms with Crippen molar-refractivity contribution in [3.63, 3.8) is 0 Å². The van der Waals surface area contributed by atoms with Gasteiger partial charge in [-0.05, 0) is 27.6 Å². The summed E-state index contributed by atoms with van der Waals surface area (Å²) < 4.78 is 0.421. The molecule has 2 amide bonds. The first-order chi connectivity index (χ1) is 12.0. The molecule has 0 aliphatic carbocycles. The topological polar surface area (TPSA) is 92.5 Å². The number of non-ortho nitro benzene ring substituents is 1. The van der Waals surface area contributed by atoms with Crippen molar-refractivity contribution in [2.24, 2.45) is 0 Å². The molecule has 7 nitrogen and oxygen atoms in total. The molecule has 1 heterocycles. The minimum Gasteiger partial charge on any atom is -0.350 e. The van der Waals surface area contributed by atoms with Crippen LogP contribution in [0.25, 0.3) is 0 Å². The summed E-state index contributed by atoms with van der Waals surface area (Å²) in [4.78, 5) is 36.0. The summed E-state index contributed by atoms with van der Waals surface area (Å²) in [5.41, 5.74) is 1.34. The van der Waals surface area contributed by atoms with E-state index in [0.717, 1.165) is 10.5 Å². The standard InChI is InChI=1S/C17H12BrN3O4/c18-13-8-12(21(24)25)6-7-14(13)19-15-9-16(22)20(17(15)23)10-11-4-2-1-3-5-11/h1-9,19H,10H2. The second-order valence-electron chi connectivity index (χ2n) is 5.32. The van der Waals surface area contributed by atoms with Gasteiger partial charge in [0, 0.05) is 22.7 Å². The summed E-state index contributed by atoms with van der Waals surface area (Å²) in [6, 6.07) is 13.3. The SMILES string of the molecule is O=C1C=C(Nc2ccc([N+](=O)[O-])cc2Br)C(=O)N1Cc1ccccc1. The van der Waals surface area contributed by atoms with E-state index in [1.54, 1.807) is 0 Å². The average Bonchev–Trinajstić information content (AvgIpc) is 2.85. The van der Waals surface area contributed by atoms with Crippen LogP contribution in [0.1, 0.15) is 5.56 Å². The number of nitro groups is 1. The van der Waals surface area contributed by atoms with E-state index in [4.69, 9.17) is 0 Å². The van der Waals surface area contributed by atoms with Crippen molar-refractivity contribution in [3.05, 3.63) is 80.5 Å². The quantitative estimate of drug-likeness (QED) is 0.471. The molecule has 1 aliphatic rings. The second kappa shape index (κ2) is 6.86. The molecule has 0 bridgehead atoms. The van der Waals surface area contributed by atoms with Gasteiger partial charge < -0.3 is 5.32 Å². The number of nitrogens with zero attached hydrogens (tertiary/aromatic N) is 2. The third-order valence-electron chi connectivity index (χ3n) is 3.63. The van der Waals surface area contributed by atoms with Crippen LogP contribution in [0.3, 0.4) is 0 Å². The molecule has 126 valence electrons. The first kappa shape index (κ1) is 16.8. The minimum atomic E-state index is -0.514. The summed E-state index contributed by atoms with van der Waals surface area (Å²) in [6.45, 7) is 0.182. The third-order valence-corrected chi connectivity index (χ3v) is 4.28. The molecule has 0 fully saturated rings. The summed E-state index contributed by atoms with van der Waals surface area (Å²) in [6.07, 6.45) is 1.22. The summed E-state index contributed by atoms with van der Waals surface area (Å²) in [5.74, 6) is -0.853. The summed E-state index contributed by atoms with van der Waals surface area (Å²) in [5, 5.41) is 13.6. The Balaban J connectivity index is 1.76. The fraction of sp³-hybridized carbons (Fsp3) is 0.0588. The lowest BCUT2D eigenvalue weighted by molar-refractivity contribution is -0.384. The fourth-order valence-electron chi connectivity index (χ4n) is 2.38. The highest BCUT2D eigenvalue weighted by atomic mass is 79.9. The monoisotopic (exact) mass is 401 g/mol. The first-order valence-corrected chi connectivity index (χ1v) is 8.07. The molecule has 0 saturated heterocycles. The zero-order valence-electron chi connectivity index (χ0n) is 12.8. The molecular formula is C17H12BrN3O4. The van der Waals surface area contributed by atoms with Crippen LogP contribution >= 0.6 is 15.9 Å². The number of halogens is 1. The highest BCUT2D eigenvalue weighted by Gasteiger charge is 2.31. The number of imide groups is 1. The predicted octanol–water partition coefficient (Wildman–Crippen LogP) is 3.22. The van der Waals surface area contributed by atoms with Gasteiger partial charge in [-0.1, -0.05) is 30.3 Å². The van der Waals surface area contributed by atoms with Gasteiger partial charge in [-0.25, -0.2) is 0 Å². The lowest BCUT2D eigenvalue weighted by Crippen LogP contribution is -2.31. The lowest BCUT2D eigenvalue weighted by Gasteiger charge is -2.15. The molecule has 0 radical (unpaired) electrons. The smallest absolute Gasteiger partial charge is 0.277 e. The van der Waals surface area contributed by atoms with Gasteiger partial charge >= 0.3 is 0 Å². The van der Waals surface area contributed by atoms with Crippen molar-refractivity contribution < 1.29 is 14.5 Å². The number of nitrogens with one attached hydrogen (secondary N) is 1. The Hall–Kier alpha value is -3.00. The van der Waals surface area contributed by atoms with E-state index in [-0.39, 0.29) is 17.9 Å². The molecular weight excluding hydrogens is 390 g/mol. The molecule has 3 rings (SSSR count). The number of anilines is 1. The molecule has 2 aromatic rings. The van der Waals surface area contributed by atoms with Crippen molar-refractivity contribution >= 4 is 39.1 Å². The highest BCUT2D eigenvalue weighted by Crippen LogP contribution is 2.29. The Kier molecular flexibility index (Phi) is 4.62. The fourth-order valence-corrected chi connectivity index (χ4v) is 2.84. The number of nitro benzene ring substituents is 1. The van der Waals surface area contributed by atoms with Crippen LogP contribution in [0.15, 0.2) is 64.8 Å².